The molecule has 26 heavy (non-hydrogen) atoms. The minimum absolute atomic E-state index is 1.08. The average molecular weight is 376 g/mol. The zero-order chi connectivity index (χ0) is 19.2. The van der Waals surface area contributed by atoms with Crippen LogP contribution in [0.3, 0.4) is 0 Å². The molecule has 0 unspecified atom stereocenters. The molecule has 0 fully saturated rings. The Labute approximate surface area is 153 Å². The van der Waals surface area contributed by atoms with E-state index in [1.807, 2.05) is 49.4 Å². The van der Waals surface area contributed by atoms with Crippen LogP contribution in [0.15, 0.2) is 72.0 Å². The van der Waals surface area contributed by atoms with Gasteiger partial charge in [-0.15, -0.1) is 10.2 Å². The number of aromatic nitrogens is 1. The van der Waals surface area contributed by atoms with Gasteiger partial charge in [-0.05, 0) is 34.9 Å². The Hall–Kier alpha value is -2.55. The first-order chi connectivity index (χ1) is 12.2. The predicted octanol–water partition coefficient (Wildman–Crippen LogP) is -1.68. The number of halogens is 1. The van der Waals surface area contributed by atoms with Crippen LogP contribution in [-0.2, 0) is 0 Å². The number of fused-ring (bicyclic) bond motifs is 1. The summed E-state index contributed by atoms with van der Waals surface area (Å²) < 4.78 is 35.9. The van der Waals surface area contributed by atoms with E-state index in [1.165, 1.54) is 11.1 Å². The molecule has 8 heteroatoms. The number of anilines is 1. The third-order valence-corrected chi connectivity index (χ3v) is 3.43. The third-order valence-electron chi connectivity index (χ3n) is 3.43. The fourth-order valence-electron chi connectivity index (χ4n) is 2.23. The Balaban J connectivity index is 0.000000431. The summed E-state index contributed by atoms with van der Waals surface area (Å²) in [5, 5.41) is 5.74. The smallest absolute Gasteiger partial charge is 0.245 e. The Morgan fingerprint density at radius 3 is 2.08 bits per heavy atom. The van der Waals surface area contributed by atoms with E-state index in [4.69, 9.17) is 18.6 Å². The molecule has 0 N–H and O–H groups in total. The summed E-state index contributed by atoms with van der Waals surface area (Å²) in [5.74, 6) is 0. The highest BCUT2D eigenvalue weighted by molar-refractivity contribution is 5.80. The highest BCUT2D eigenvalue weighted by Crippen LogP contribution is 2.11. The van der Waals surface area contributed by atoms with E-state index in [1.54, 1.807) is 0 Å². The van der Waals surface area contributed by atoms with Crippen molar-refractivity contribution in [3.8, 4) is 0 Å². The van der Waals surface area contributed by atoms with Crippen molar-refractivity contribution in [3.05, 3.63) is 72.4 Å². The van der Waals surface area contributed by atoms with Crippen LogP contribution in [0.1, 0.15) is 5.56 Å². The second-order valence-electron chi connectivity index (χ2n) is 5.52. The molecule has 2 aromatic carbocycles. The van der Waals surface area contributed by atoms with Crippen molar-refractivity contribution >= 4 is 22.8 Å². The Morgan fingerprint density at radius 1 is 0.885 bits per heavy atom. The van der Waals surface area contributed by atoms with Gasteiger partial charge in [0.05, 0.1) is 0 Å². The van der Waals surface area contributed by atoms with Crippen molar-refractivity contribution in [3.63, 3.8) is 0 Å². The normalized spacial score (nSPS) is 11.3. The second-order valence-corrected chi connectivity index (χ2v) is 6.28. The van der Waals surface area contributed by atoms with Gasteiger partial charge in [0.1, 0.15) is 6.21 Å². The van der Waals surface area contributed by atoms with Gasteiger partial charge in [-0.3, -0.25) is 0 Å². The fraction of sp³-hybridized carbons (Fsp3) is 0.111. The molecule has 0 aliphatic heterocycles. The molecular formula is C18H18ClN3O4. The van der Waals surface area contributed by atoms with Crippen molar-refractivity contribution in [2.24, 2.45) is 5.10 Å². The molecule has 136 valence electrons. The van der Waals surface area contributed by atoms with Crippen LogP contribution in [0.25, 0.3) is 10.9 Å². The molecule has 3 aromatic rings. The lowest BCUT2D eigenvalue weighted by Gasteiger charge is -2.17. The van der Waals surface area contributed by atoms with Crippen LogP contribution in [0.4, 0.5) is 5.69 Å². The standard InChI is InChI=1S/C18H18N3.ClHO4/c1-20(2)17-11-9-15(10-12-17)14-19-21-13-5-7-16-6-3-4-8-18(16)21;2-1(3,4)5/h3-14H,1-2H3;(H,2,3,4,5)/q+1;/p-1. The number of nitrogens with zero attached hydrogens (tertiary/aromatic N) is 3. The molecule has 0 bridgehead atoms. The van der Waals surface area contributed by atoms with E-state index >= 15 is 0 Å². The van der Waals surface area contributed by atoms with Crippen LogP contribution in [-0.4, -0.2) is 20.3 Å². The van der Waals surface area contributed by atoms with Gasteiger partial charge >= 0.3 is 0 Å². The molecule has 0 amide bonds. The molecular weight excluding hydrogens is 358 g/mol. The van der Waals surface area contributed by atoms with Gasteiger partial charge in [-0.25, -0.2) is 18.6 Å². The lowest BCUT2D eigenvalue weighted by molar-refractivity contribution is -2.00. The SMILES string of the molecule is CN(C)c1ccc(C=N[n+]2cccc3ccccc32)cc1.[O-][Cl+3]([O-])([O-])[O-]. The molecule has 0 aliphatic rings. The summed E-state index contributed by atoms with van der Waals surface area (Å²) in [6.07, 6.45) is 3.85. The van der Waals surface area contributed by atoms with Gasteiger partial charge in [-0.2, -0.15) is 0 Å². The molecule has 1 heterocycles. The summed E-state index contributed by atoms with van der Waals surface area (Å²) >= 11 is 0. The van der Waals surface area contributed by atoms with Crippen LogP contribution in [0.2, 0.25) is 0 Å². The van der Waals surface area contributed by atoms with Crippen LogP contribution >= 0.6 is 0 Å². The number of para-hydroxylation sites is 1. The number of benzene rings is 2. The van der Waals surface area contributed by atoms with E-state index in [-0.39, 0.29) is 0 Å². The van der Waals surface area contributed by atoms with Gasteiger partial charge in [0.15, 0.2) is 0 Å². The maximum Gasteiger partial charge on any atom is 0.245 e. The Morgan fingerprint density at radius 2 is 1.46 bits per heavy atom. The summed E-state index contributed by atoms with van der Waals surface area (Å²) in [7, 11) is -0.871. The topological polar surface area (TPSA) is 112 Å². The zero-order valence-corrected chi connectivity index (χ0v) is 15.0. The van der Waals surface area contributed by atoms with E-state index < -0.39 is 10.2 Å². The van der Waals surface area contributed by atoms with Crippen molar-refractivity contribution in [1.29, 1.82) is 0 Å². The Bertz CT molecular complexity index is 866. The fourth-order valence-corrected chi connectivity index (χ4v) is 2.23. The quantitative estimate of drug-likeness (QED) is 0.401. The monoisotopic (exact) mass is 375 g/mol. The van der Waals surface area contributed by atoms with Crippen LogP contribution in [0, 0.1) is 10.2 Å². The van der Waals surface area contributed by atoms with Crippen LogP contribution < -0.4 is 28.2 Å². The van der Waals surface area contributed by atoms with Gasteiger partial charge in [0.25, 0.3) is 0 Å². The minimum Gasteiger partial charge on any atom is -0.378 e. The maximum atomic E-state index is 8.49. The van der Waals surface area contributed by atoms with Crippen molar-refractivity contribution in [2.45, 2.75) is 0 Å². The first-order valence-electron chi connectivity index (χ1n) is 7.57. The average Bonchev–Trinajstić information content (AvgIpc) is 2.59. The minimum atomic E-state index is -4.94. The van der Waals surface area contributed by atoms with E-state index in [0.717, 1.165) is 11.1 Å². The number of hydrogen-bond acceptors (Lipinski definition) is 6. The van der Waals surface area contributed by atoms with Crippen LogP contribution in [0.5, 0.6) is 0 Å². The summed E-state index contributed by atoms with van der Waals surface area (Å²) in [4.78, 5) is 2.08. The molecule has 7 nitrogen and oxygen atoms in total. The Kier molecular flexibility index (Phi) is 6.62. The molecule has 0 saturated heterocycles. The van der Waals surface area contributed by atoms with Crippen molar-refractivity contribution < 1.29 is 33.6 Å². The number of pyridine rings is 1. The lowest BCUT2D eigenvalue weighted by atomic mass is 10.2. The molecule has 3 rings (SSSR count). The van der Waals surface area contributed by atoms with Gasteiger partial charge in [-0.1, -0.05) is 28.9 Å². The van der Waals surface area contributed by atoms with Crippen molar-refractivity contribution in [2.75, 3.05) is 19.0 Å². The summed E-state index contributed by atoms with van der Waals surface area (Å²) in [6, 6.07) is 20.7. The zero-order valence-electron chi connectivity index (χ0n) is 14.3. The van der Waals surface area contributed by atoms with Gasteiger partial charge in [0, 0.05) is 37.3 Å². The third kappa shape index (κ3) is 6.40. The van der Waals surface area contributed by atoms with E-state index in [2.05, 4.69) is 52.5 Å². The summed E-state index contributed by atoms with van der Waals surface area (Å²) in [5.41, 5.74) is 3.37. The van der Waals surface area contributed by atoms with E-state index in [9.17, 15) is 0 Å². The predicted molar refractivity (Wildman–Crippen MR) is 87.9 cm³/mol. The molecule has 0 radical (unpaired) electrons. The largest absolute Gasteiger partial charge is 0.378 e. The molecule has 0 atom stereocenters. The van der Waals surface area contributed by atoms with Gasteiger partial charge < -0.3 is 4.90 Å². The van der Waals surface area contributed by atoms with E-state index in [0.29, 0.717) is 0 Å². The highest BCUT2D eigenvalue weighted by Gasteiger charge is 2.05. The summed E-state index contributed by atoms with van der Waals surface area (Å²) in [6.45, 7) is 0. The number of hydrogen-bond donors (Lipinski definition) is 0. The second kappa shape index (κ2) is 8.70. The molecule has 0 spiro atoms. The highest BCUT2D eigenvalue weighted by atomic mass is 35.7. The lowest BCUT2D eigenvalue weighted by Crippen LogP contribution is -2.68. The number of rotatable bonds is 3. The maximum absolute atomic E-state index is 8.49. The molecule has 0 aliphatic carbocycles. The van der Waals surface area contributed by atoms with Crippen molar-refractivity contribution in [1.82, 2.24) is 0 Å². The molecule has 1 aromatic heterocycles. The van der Waals surface area contributed by atoms with Gasteiger partial charge in [0.2, 0.25) is 11.7 Å². The first-order valence-corrected chi connectivity index (χ1v) is 8.80. The first kappa shape index (κ1) is 19.8. The molecule has 0 saturated carbocycles.